The van der Waals surface area contributed by atoms with Crippen LogP contribution in [0.25, 0.3) is 0 Å². The van der Waals surface area contributed by atoms with Gasteiger partial charge in [0, 0.05) is 0 Å². The van der Waals surface area contributed by atoms with Gasteiger partial charge >= 0.3 is 8.56 Å². The van der Waals surface area contributed by atoms with Crippen molar-refractivity contribution in [2.45, 2.75) is 96.9 Å². The summed E-state index contributed by atoms with van der Waals surface area (Å²) in [7, 11) is -4.64. The van der Waals surface area contributed by atoms with E-state index in [2.05, 4.69) is 69.2 Å². The molecule has 0 aromatic heterocycles. The Balaban J connectivity index is 5.66. The van der Waals surface area contributed by atoms with Crippen molar-refractivity contribution in [3.05, 3.63) is 0 Å². The molecule has 0 aliphatic rings. The molecule has 116 valence electrons. The Morgan fingerprint density at radius 3 is 1.00 bits per heavy atom. The van der Waals surface area contributed by atoms with Gasteiger partial charge in [0.05, 0.1) is 0 Å². The molecule has 0 unspecified atom stereocenters. The second-order valence-electron chi connectivity index (χ2n) is 7.48. The largest absolute Gasteiger partial charge is 0.434 e. The molecule has 19 heavy (non-hydrogen) atoms. The first-order valence-corrected chi connectivity index (χ1v) is 12.0. The minimum absolute atomic E-state index is 0.246. The van der Waals surface area contributed by atoms with Crippen molar-refractivity contribution in [3.8, 4) is 0 Å². The monoisotopic (exact) mass is 304 g/mol. The predicted octanol–water partition coefficient (Wildman–Crippen LogP) is 5.43. The fourth-order valence-electron chi connectivity index (χ4n) is 3.54. The van der Waals surface area contributed by atoms with E-state index < -0.39 is 16.9 Å². The lowest BCUT2D eigenvalue weighted by atomic mass is 10.5. The second-order valence-corrected chi connectivity index (χ2v) is 17.3. The Hall–Kier alpha value is 0.354. The highest BCUT2D eigenvalue weighted by molar-refractivity contribution is 6.87. The molecule has 0 atom stereocenters. The van der Waals surface area contributed by atoms with Crippen molar-refractivity contribution in [1.82, 2.24) is 0 Å². The van der Waals surface area contributed by atoms with Gasteiger partial charge in [0.1, 0.15) is 0 Å². The fourth-order valence-corrected chi connectivity index (χ4v) is 15.9. The van der Waals surface area contributed by atoms with Crippen molar-refractivity contribution in [3.63, 3.8) is 0 Å². The highest BCUT2D eigenvalue weighted by Gasteiger charge is 2.53. The summed E-state index contributed by atoms with van der Waals surface area (Å²) in [6, 6.07) is 0. The fraction of sp³-hybridized carbons (Fsp3) is 1.00. The molecule has 0 saturated heterocycles. The van der Waals surface area contributed by atoms with Crippen LogP contribution in [0.2, 0.25) is 27.7 Å². The van der Waals surface area contributed by atoms with Gasteiger partial charge < -0.3 is 8.91 Å². The van der Waals surface area contributed by atoms with Crippen LogP contribution in [0.5, 0.6) is 0 Å². The van der Waals surface area contributed by atoms with Gasteiger partial charge in [-0.05, 0) is 27.7 Å². The van der Waals surface area contributed by atoms with Crippen LogP contribution in [-0.2, 0) is 4.12 Å². The average molecular weight is 305 g/mol. The molecular formula is C15H36O2Si2. The third-order valence-corrected chi connectivity index (χ3v) is 16.1. The standard InChI is InChI=1S/C15H36O2Si2/c1-11(2)18(12(3)4,13(5)6)17-19(16,14(7)8)15(9)10/h11-16H,1-10H3. The summed E-state index contributed by atoms with van der Waals surface area (Å²) in [5.74, 6) is 0. The van der Waals surface area contributed by atoms with Crippen molar-refractivity contribution >= 4 is 16.9 Å². The lowest BCUT2D eigenvalue weighted by Gasteiger charge is -2.49. The number of hydrogen-bond acceptors (Lipinski definition) is 2. The number of hydrogen-bond donors (Lipinski definition) is 1. The first kappa shape index (κ1) is 19.4. The van der Waals surface area contributed by atoms with Gasteiger partial charge in [0.25, 0.3) is 0 Å². The first-order valence-electron chi connectivity index (χ1n) is 7.85. The SMILES string of the molecule is CC(C)[Si](O)(O[Si](C(C)C)(C(C)C)C(C)C)C(C)C. The molecule has 0 aliphatic carbocycles. The quantitative estimate of drug-likeness (QED) is 0.635. The topological polar surface area (TPSA) is 29.5 Å². The van der Waals surface area contributed by atoms with Crippen LogP contribution in [0.15, 0.2) is 0 Å². The molecule has 0 amide bonds. The molecule has 0 heterocycles. The van der Waals surface area contributed by atoms with Gasteiger partial charge in [-0.15, -0.1) is 0 Å². The van der Waals surface area contributed by atoms with Crippen molar-refractivity contribution in [2.75, 3.05) is 0 Å². The first-order chi connectivity index (χ1) is 8.42. The molecule has 2 nitrogen and oxygen atoms in total. The molecule has 0 aromatic rings. The Labute approximate surface area is 123 Å². The highest BCUT2D eigenvalue weighted by atomic mass is 28.4. The van der Waals surface area contributed by atoms with Crippen LogP contribution < -0.4 is 0 Å². The zero-order valence-corrected chi connectivity index (χ0v) is 16.7. The molecular weight excluding hydrogens is 268 g/mol. The van der Waals surface area contributed by atoms with Crippen molar-refractivity contribution in [1.29, 1.82) is 0 Å². The molecule has 0 rings (SSSR count). The van der Waals surface area contributed by atoms with Crippen LogP contribution in [-0.4, -0.2) is 21.7 Å². The Kier molecular flexibility index (Phi) is 7.00. The Bertz CT molecular complexity index is 244. The molecule has 0 spiro atoms. The zero-order chi connectivity index (χ0) is 15.6. The van der Waals surface area contributed by atoms with Gasteiger partial charge in [0.15, 0.2) is 8.32 Å². The predicted molar refractivity (Wildman–Crippen MR) is 90.3 cm³/mol. The summed E-state index contributed by atoms with van der Waals surface area (Å²) in [5, 5.41) is 0. The smallest absolute Gasteiger partial charge is 0.330 e. The highest BCUT2D eigenvalue weighted by Crippen LogP contribution is 2.47. The molecule has 0 aromatic carbocycles. The minimum Gasteiger partial charge on any atom is -0.434 e. The third-order valence-electron chi connectivity index (χ3n) is 4.70. The van der Waals surface area contributed by atoms with E-state index in [0.717, 1.165) is 0 Å². The van der Waals surface area contributed by atoms with Crippen molar-refractivity contribution in [2.24, 2.45) is 0 Å². The van der Waals surface area contributed by atoms with E-state index in [9.17, 15) is 4.80 Å². The second kappa shape index (κ2) is 6.88. The summed E-state index contributed by atoms with van der Waals surface area (Å²) in [6.07, 6.45) is 0. The van der Waals surface area contributed by atoms with E-state index in [4.69, 9.17) is 4.12 Å². The van der Waals surface area contributed by atoms with Crippen LogP contribution in [0, 0.1) is 0 Å². The van der Waals surface area contributed by atoms with Crippen molar-refractivity contribution < 1.29 is 8.91 Å². The molecule has 1 N–H and O–H groups in total. The van der Waals surface area contributed by atoms with Gasteiger partial charge in [-0.3, -0.25) is 0 Å². The van der Waals surface area contributed by atoms with Gasteiger partial charge in [-0.1, -0.05) is 69.2 Å². The maximum Gasteiger partial charge on any atom is 0.330 e. The van der Waals surface area contributed by atoms with Crippen LogP contribution in [0.1, 0.15) is 69.2 Å². The summed E-state index contributed by atoms with van der Waals surface area (Å²) in [5.41, 5.74) is 2.09. The van der Waals surface area contributed by atoms with Gasteiger partial charge in [-0.25, -0.2) is 0 Å². The number of rotatable bonds is 7. The zero-order valence-electron chi connectivity index (χ0n) is 14.7. The maximum absolute atomic E-state index is 11.2. The third kappa shape index (κ3) is 3.71. The molecule has 0 saturated carbocycles. The molecule has 4 heteroatoms. The summed E-state index contributed by atoms with van der Waals surface area (Å²) in [4.78, 5) is 11.2. The lowest BCUT2D eigenvalue weighted by molar-refractivity contribution is 0.316. The maximum atomic E-state index is 11.2. The normalized spacial score (nSPS) is 14.5. The van der Waals surface area contributed by atoms with E-state index in [-0.39, 0.29) is 11.1 Å². The summed E-state index contributed by atoms with van der Waals surface area (Å²) >= 11 is 0. The molecule has 0 radical (unpaired) electrons. The van der Waals surface area contributed by atoms with E-state index in [1.54, 1.807) is 0 Å². The van der Waals surface area contributed by atoms with Crippen LogP contribution >= 0.6 is 0 Å². The average Bonchev–Trinajstić information content (AvgIpc) is 2.23. The molecule has 0 aliphatic heterocycles. The van der Waals surface area contributed by atoms with E-state index >= 15 is 0 Å². The molecule has 0 fully saturated rings. The van der Waals surface area contributed by atoms with Crippen LogP contribution in [0.3, 0.4) is 0 Å². The summed E-state index contributed by atoms with van der Waals surface area (Å²) in [6.45, 7) is 22.1. The Morgan fingerprint density at radius 1 is 0.579 bits per heavy atom. The van der Waals surface area contributed by atoms with E-state index in [1.165, 1.54) is 0 Å². The minimum atomic E-state index is -2.67. The van der Waals surface area contributed by atoms with Gasteiger partial charge in [0.2, 0.25) is 0 Å². The Morgan fingerprint density at radius 2 is 0.842 bits per heavy atom. The van der Waals surface area contributed by atoms with Gasteiger partial charge in [-0.2, -0.15) is 0 Å². The molecule has 0 bridgehead atoms. The van der Waals surface area contributed by atoms with E-state index in [1.807, 2.05) is 0 Å². The lowest BCUT2D eigenvalue weighted by Crippen LogP contribution is -2.59. The van der Waals surface area contributed by atoms with Crippen LogP contribution in [0.4, 0.5) is 0 Å². The summed E-state index contributed by atoms with van der Waals surface area (Å²) < 4.78 is 6.77. The van der Waals surface area contributed by atoms with E-state index in [0.29, 0.717) is 16.6 Å².